The van der Waals surface area contributed by atoms with Crippen LogP contribution in [0.5, 0.6) is 0 Å². The molecule has 0 radical (unpaired) electrons. The molecule has 0 unspecified atom stereocenters. The van der Waals surface area contributed by atoms with Gasteiger partial charge in [-0.3, -0.25) is 9.69 Å². The van der Waals surface area contributed by atoms with E-state index in [4.69, 9.17) is 23.2 Å². The number of alkyl halides is 1. The zero-order valence-electron chi connectivity index (χ0n) is 19.7. The lowest BCUT2D eigenvalue weighted by Gasteiger charge is -2.39. The lowest BCUT2D eigenvalue weighted by atomic mass is 9.81. The number of aromatic amines is 1. The normalized spacial score (nSPS) is 23.5. The number of halogens is 3. The Balaban J connectivity index is 1.06. The number of carbonyl (C=O) groups is 1. The van der Waals surface area contributed by atoms with Gasteiger partial charge < -0.3 is 15.2 Å². The summed E-state index contributed by atoms with van der Waals surface area (Å²) < 4.78 is 15.6. The van der Waals surface area contributed by atoms with E-state index in [9.17, 15) is 4.79 Å². The van der Waals surface area contributed by atoms with Gasteiger partial charge in [-0.2, -0.15) is 0 Å². The molecule has 2 heterocycles. The van der Waals surface area contributed by atoms with E-state index >= 15 is 4.39 Å². The fraction of sp³-hybridized carbons (Fsp3) is 0.444. The molecule has 35 heavy (non-hydrogen) atoms. The van der Waals surface area contributed by atoms with Crippen molar-refractivity contribution in [1.29, 1.82) is 0 Å². The number of hydrogen-bond acceptors (Lipinski definition) is 3. The number of para-hydroxylation sites is 1. The van der Waals surface area contributed by atoms with E-state index in [2.05, 4.69) is 20.1 Å². The highest BCUT2D eigenvalue weighted by atomic mass is 35.5. The summed E-state index contributed by atoms with van der Waals surface area (Å²) in [5.41, 5.74) is 1.31. The Bertz CT molecular complexity index is 1150. The van der Waals surface area contributed by atoms with E-state index < -0.39 is 5.67 Å². The average molecular weight is 517 g/mol. The van der Waals surface area contributed by atoms with Gasteiger partial charge in [-0.25, -0.2) is 4.39 Å². The molecule has 1 saturated heterocycles. The number of nitrogens with one attached hydrogen (secondary N) is 2. The molecule has 1 amide bonds. The van der Waals surface area contributed by atoms with Crippen molar-refractivity contribution >= 4 is 45.7 Å². The smallest absolute Gasteiger partial charge is 0.267 e. The van der Waals surface area contributed by atoms with Crippen LogP contribution in [0.25, 0.3) is 10.9 Å². The molecule has 2 aromatic carbocycles. The maximum absolute atomic E-state index is 15.6. The van der Waals surface area contributed by atoms with Gasteiger partial charge in [0.05, 0.1) is 15.7 Å². The number of amides is 1. The Kier molecular flexibility index (Phi) is 7.24. The van der Waals surface area contributed by atoms with Gasteiger partial charge in [0.25, 0.3) is 5.91 Å². The van der Waals surface area contributed by atoms with Crippen LogP contribution in [0.3, 0.4) is 0 Å². The van der Waals surface area contributed by atoms with Gasteiger partial charge in [0, 0.05) is 49.7 Å². The molecule has 186 valence electrons. The Morgan fingerprint density at radius 1 is 1.06 bits per heavy atom. The maximum Gasteiger partial charge on any atom is 0.267 e. The van der Waals surface area contributed by atoms with Crippen LogP contribution < -0.4 is 10.2 Å². The first kappa shape index (κ1) is 24.4. The van der Waals surface area contributed by atoms with E-state index in [0.29, 0.717) is 47.8 Å². The first-order valence-electron chi connectivity index (χ1n) is 12.4. The topological polar surface area (TPSA) is 51.4 Å². The second kappa shape index (κ2) is 10.4. The molecule has 1 aliphatic carbocycles. The molecule has 8 heteroatoms. The highest BCUT2D eigenvalue weighted by Crippen LogP contribution is 2.36. The first-order chi connectivity index (χ1) is 16.9. The summed E-state index contributed by atoms with van der Waals surface area (Å²) in [4.78, 5) is 20.4. The molecule has 5 rings (SSSR count). The summed E-state index contributed by atoms with van der Waals surface area (Å²) in [6.07, 6.45) is 2.85. The van der Waals surface area contributed by atoms with Gasteiger partial charge in [-0.15, -0.1) is 0 Å². The van der Waals surface area contributed by atoms with Crippen molar-refractivity contribution in [3.8, 4) is 0 Å². The molecule has 0 spiro atoms. The van der Waals surface area contributed by atoms with Crippen LogP contribution in [0.2, 0.25) is 10.0 Å². The van der Waals surface area contributed by atoms with Gasteiger partial charge >= 0.3 is 0 Å². The number of nitrogens with zero attached hydrogens (tertiary/aromatic N) is 2. The molecule has 2 N–H and O–H groups in total. The average Bonchev–Trinajstić information content (AvgIpc) is 3.31. The number of fused-ring (bicyclic) bond motifs is 1. The Labute approximate surface area is 215 Å². The Morgan fingerprint density at radius 2 is 1.80 bits per heavy atom. The van der Waals surface area contributed by atoms with E-state index in [1.807, 2.05) is 42.5 Å². The summed E-state index contributed by atoms with van der Waals surface area (Å²) in [5, 5.41) is 5.27. The number of aromatic nitrogens is 1. The minimum absolute atomic E-state index is 0.0174. The van der Waals surface area contributed by atoms with Gasteiger partial charge in [0.1, 0.15) is 11.4 Å². The van der Waals surface area contributed by atoms with Crippen LogP contribution in [0.1, 0.15) is 42.6 Å². The predicted octanol–water partition coefficient (Wildman–Crippen LogP) is 6.07. The third kappa shape index (κ3) is 5.60. The minimum Gasteiger partial charge on any atom is -0.368 e. The van der Waals surface area contributed by atoms with E-state index in [0.717, 1.165) is 49.3 Å². The number of piperazine rings is 1. The van der Waals surface area contributed by atoms with Gasteiger partial charge in [-0.05, 0) is 56.4 Å². The van der Waals surface area contributed by atoms with Crippen molar-refractivity contribution in [3.63, 3.8) is 0 Å². The maximum atomic E-state index is 15.6. The number of anilines is 1. The van der Waals surface area contributed by atoms with Crippen LogP contribution in [0.15, 0.2) is 48.5 Å². The number of rotatable bonds is 6. The second-order valence-corrected chi connectivity index (χ2v) is 10.6. The fourth-order valence-corrected chi connectivity index (χ4v) is 5.71. The molecule has 2 aliphatic rings. The quantitative estimate of drug-likeness (QED) is 0.418. The summed E-state index contributed by atoms with van der Waals surface area (Å²) in [6.45, 7) is 4.20. The third-order valence-electron chi connectivity index (χ3n) is 7.51. The van der Waals surface area contributed by atoms with Crippen molar-refractivity contribution in [1.82, 2.24) is 15.2 Å². The van der Waals surface area contributed by atoms with Crippen molar-refractivity contribution in [2.75, 3.05) is 37.6 Å². The monoisotopic (exact) mass is 516 g/mol. The Hall–Kier alpha value is -2.28. The van der Waals surface area contributed by atoms with Gasteiger partial charge in [0.15, 0.2) is 0 Å². The molecule has 1 saturated carbocycles. The number of hydrogen-bond donors (Lipinski definition) is 2. The van der Waals surface area contributed by atoms with Gasteiger partial charge in [-0.1, -0.05) is 47.5 Å². The first-order valence-corrected chi connectivity index (χ1v) is 13.1. The lowest BCUT2D eigenvalue weighted by Crippen LogP contribution is -2.48. The number of H-pyrrole nitrogens is 1. The number of carbonyl (C=O) groups excluding carboxylic acids is 1. The summed E-state index contributed by atoms with van der Waals surface area (Å²) in [5.74, 6) is -0.116. The highest BCUT2D eigenvalue weighted by Gasteiger charge is 2.36. The van der Waals surface area contributed by atoms with Crippen LogP contribution in [0.4, 0.5) is 10.1 Å². The molecule has 1 aromatic heterocycles. The zero-order valence-corrected chi connectivity index (χ0v) is 21.2. The summed E-state index contributed by atoms with van der Waals surface area (Å²) in [6, 6.07) is 15.4. The lowest BCUT2D eigenvalue weighted by molar-refractivity contribution is 0.0632. The van der Waals surface area contributed by atoms with Crippen molar-refractivity contribution < 1.29 is 9.18 Å². The van der Waals surface area contributed by atoms with Crippen LogP contribution in [-0.4, -0.2) is 60.2 Å². The molecular weight excluding hydrogens is 486 g/mol. The van der Waals surface area contributed by atoms with Crippen LogP contribution >= 0.6 is 23.2 Å². The highest BCUT2D eigenvalue weighted by molar-refractivity contribution is 6.43. The Morgan fingerprint density at radius 3 is 2.54 bits per heavy atom. The second-order valence-electron chi connectivity index (χ2n) is 9.82. The predicted molar refractivity (Wildman–Crippen MR) is 142 cm³/mol. The molecule has 1 aliphatic heterocycles. The third-order valence-corrected chi connectivity index (χ3v) is 8.32. The molecule has 2 fully saturated rings. The van der Waals surface area contributed by atoms with Crippen molar-refractivity contribution in [2.45, 2.75) is 43.8 Å². The van der Waals surface area contributed by atoms with Gasteiger partial charge in [0.2, 0.25) is 0 Å². The molecule has 0 bridgehead atoms. The van der Waals surface area contributed by atoms with Crippen molar-refractivity contribution in [2.24, 2.45) is 0 Å². The minimum atomic E-state index is -1.16. The van der Waals surface area contributed by atoms with E-state index in [1.54, 1.807) is 6.07 Å². The zero-order chi connectivity index (χ0) is 24.4. The molecule has 0 atom stereocenters. The van der Waals surface area contributed by atoms with E-state index in [-0.39, 0.29) is 11.9 Å². The molecule has 3 aromatic rings. The summed E-state index contributed by atoms with van der Waals surface area (Å²) in [7, 11) is 0. The SMILES string of the molecule is O=C(NC1CCC(F)(CCN2CCN(c3cccc(Cl)c3Cl)CC2)CC1)c1cc2ccccc2[nH]1. The van der Waals surface area contributed by atoms with Crippen LogP contribution in [-0.2, 0) is 0 Å². The standard InChI is InChI=1S/C27H31Cl2FN4O/c28-21-5-3-7-24(25(21)29)34-16-14-33(15-17-34)13-12-27(30)10-8-20(9-11-27)31-26(35)23-18-19-4-1-2-6-22(19)32-23/h1-7,18,20,32H,8-17H2,(H,31,35). The largest absolute Gasteiger partial charge is 0.368 e. The molecular formula is C27H31Cl2FN4O. The van der Waals surface area contributed by atoms with E-state index in [1.165, 1.54) is 0 Å². The fourth-order valence-electron chi connectivity index (χ4n) is 5.30. The van der Waals surface area contributed by atoms with Crippen LogP contribution in [0, 0.1) is 0 Å². The van der Waals surface area contributed by atoms with Crippen molar-refractivity contribution in [3.05, 3.63) is 64.3 Å². The summed E-state index contributed by atoms with van der Waals surface area (Å²) >= 11 is 12.5. The number of benzene rings is 2. The molecule has 5 nitrogen and oxygen atoms in total.